The van der Waals surface area contributed by atoms with Gasteiger partial charge in [0, 0.05) is 30.6 Å². The SMILES string of the molecule is CCC1CCN(S(=O)(=O)c2cc(CNC3CC3)sc2Br)C1. The third-order valence-electron chi connectivity index (χ3n) is 4.29. The van der Waals surface area contributed by atoms with E-state index in [4.69, 9.17) is 0 Å². The first-order chi connectivity index (χ1) is 10.0. The Hall–Kier alpha value is 0.0500. The molecule has 118 valence electrons. The molecule has 4 nitrogen and oxygen atoms in total. The van der Waals surface area contributed by atoms with Gasteiger partial charge in [0.1, 0.15) is 4.90 Å². The predicted octanol–water partition coefficient (Wildman–Crippen LogP) is 3.18. The van der Waals surface area contributed by atoms with Crippen LogP contribution in [0, 0.1) is 5.92 Å². The fraction of sp³-hybridized carbons (Fsp3) is 0.714. The van der Waals surface area contributed by atoms with Gasteiger partial charge in [0.05, 0.1) is 3.79 Å². The molecule has 1 aromatic rings. The van der Waals surface area contributed by atoms with Gasteiger partial charge in [-0.1, -0.05) is 13.3 Å². The van der Waals surface area contributed by atoms with Gasteiger partial charge >= 0.3 is 0 Å². The molecule has 21 heavy (non-hydrogen) atoms. The molecule has 1 aliphatic heterocycles. The van der Waals surface area contributed by atoms with Crippen LogP contribution < -0.4 is 5.32 Å². The second-order valence-corrected chi connectivity index (χ2v) is 10.3. The second kappa shape index (κ2) is 6.28. The van der Waals surface area contributed by atoms with Crippen molar-refractivity contribution < 1.29 is 8.42 Å². The van der Waals surface area contributed by atoms with Crippen molar-refractivity contribution in [3.8, 4) is 0 Å². The summed E-state index contributed by atoms with van der Waals surface area (Å²) in [6.07, 6.45) is 4.51. The third-order valence-corrected chi connectivity index (χ3v) is 8.41. The minimum Gasteiger partial charge on any atom is -0.309 e. The highest BCUT2D eigenvalue weighted by atomic mass is 79.9. The van der Waals surface area contributed by atoms with E-state index in [0.717, 1.165) is 28.0 Å². The zero-order valence-electron chi connectivity index (χ0n) is 12.1. The normalized spacial score (nSPS) is 23.8. The molecule has 2 fully saturated rings. The molecular weight excluding hydrogens is 372 g/mol. The maximum Gasteiger partial charge on any atom is 0.245 e. The summed E-state index contributed by atoms with van der Waals surface area (Å²) in [5.74, 6) is 0.508. The standard InChI is InChI=1S/C14H21BrN2O2S2/c1-2-10-5-6-17(9-10)21(18,19)13-7-12(20-14(13)15)8-16-11-3-4-11/h7,10-11,16H,2-6,8-9H2,1H3. The lowest BCUT2D eigenvalue weighted by molar-refractivity contribution is 0.453. The van der Waals surface area contributed by atoms with Crippen LogP contribution in [-0.4, -0.2) is 31.9 Å². The van der Waals surface area contributed by atoms with Gasteiger partial charge in [0.25, 0.3) is 0 Å². The molecular formula is C14H21BrN2O2S2. The van der Waals surface area contributed by atoms with E-state index in [2.05, 4.69) is 28.2 Å². The lowest BCUT2D eigenvalue weighted by Crippen LogP contribution is -2.28. The minimum atomic E-state index is -3.35. The molecule has 3 rings (SSSR count). The van der Waals surface area contributed by atoms with Crippen molar-refractivity contribution in [2.24, 2.45) is 5.92 Å². The van der Waals surface area contributed by atoms with Crippen molar-refractivity contribution in [1.82, 2.24) is 9.62 Å². The first kappa shape index (κ1) is 15.9. The second-order valence-electron chi connectivity index (χ2n) is 5.93. The molecule has 1 N–H and O–H groups in total. The van der Waals surface area contributed by atoms with Gasteiger partial charge < -0.3 is 5.32 Å². The summed E-state index contributed by atoms with van der Waals surface area (Å²) >= 11 is 4.96. The number of thiophene rings is 1. The Morgan fingerprint density at radius 1 is 1.43 bits per heavy atom. The molecule has 1 saturated carbocycles. The Morgan fingerprint density at radius 3 is 2.81 bits per heavy atom. The van der Waals surface area contributed by atoms with Crippen LogP contribution in [0.25, 0.3) is 0 Å². The van der Waals surface area contributed by atoms with Crippen molar-refractivity contribution >= 4 is 37.3 Å². The van der Waals surface area contributed by atoms with E-state index in [1.165, 1.54) is 24.2 Å². The average molecular weight is 393 g/mol. The van der Waals surface area contributed by atoms with E-state index in [-0.39, 0.29) is 0 Å². The van der Waals surface area contributed by atoms with Gasteiger partial charge in [-0.3, -0.25) is 0 Å². The summed E-state index contributed by atoms with van der Waals surface area (Å²) in [4.78, 5) is 1.52. The molecule has 2 aliphatic rings. The highest BCUT2D eigenvalue weighted by Crippen LogP contribution is 2.36. The van der Waals surface area contributed by atoms with Crippen LogP contribution in [0.5, 0.6) is 0 Å². The smallest absolute Gasteiger partial charge is 0.245 e. The largest absolute Gasteiger partial charge is 0.309 e. The van der Waals surface area contributed by atoms with Crippen molar-refractivity contribution in [3.63, 3.8) is 0 Å². The van der Waals surface area contributed by atoms with Gasteiger partial charge in [-0.2, -0.15) is 4.31 Å². The van der Waals surface area contributed by atoms with E-state index in [9.17, 15) is 8.42 Å². The Balaban J connectivity index is 1.75. The van der Waals surface area contributed by atoms with Gasteiger partial charge in [0.2, 0.25) is 10.0 Å². The van der Waals surface area contributed by atoms with Crippen LogP contribution in [0.15, 0.2) is 14.7 Å². The summed E-state index contributed by atoms with van der Waals surface area (Å²) in [7, 11) is -3.35. The molecule has 0 radical (unpaired) electrons. The van der Waals surface area contributed by atoms with Gasteiger partial charge in [-0.15, -0.1) is 11.3 Å². The Morgan fingerprint density at radius 2 is 2.19 bits per heavy atom. The molecule has 1 atom stereocenters. The first-order valence-electron chi connectivity index (χ1n) is 7.52. The molecule has 0 aromatic carbocycles. The van der Waals surface area contributed by atoms with Crippen molar-refractivity contribution in [2.45, 2.75) is 50.1 Å². The lowest BCUT2D eigenvalue weighted by atomic mass is 10.1. The maximum absolute atomic E-state index is 12.8. The third kappa shape index (κ3) is 3.52. The van der Waals surface area contributed by atoms with Crippen LogP contribution in [0.3, 0.4) is 0 Å². The predicted molar refractivity (Wildman–Crippen MR) is 89.0 cm³/mol. The van der Waals surface area contributed by atoms with Crippen LogP contribution in [0.1, 0.15) is 37.5 Å². The summed E-state index contributed by atoms with van der Waals surface area (Å²) in [6, 6.07) is 2.47. The Kier molecular flexibility index (Phi) is 4.76. The summed E-state index contributed by atoms with van der Waals surface area (Å²) in [5.41, 5.74) is 0. The zero-order chi connectivity index (χ0) is 15.0. The van der Waals surface area contributed by atoms with E-state index in [1.807, 2.05) is 6.07 Å². The van der Waals surface area contributed by atoms with Crippen LogP contribution in [0.2, 0.25) is 0 Å². The fourth-order valence-corrected chi connectivity index (χ4v) is 6.80. The van der Waals surface area contributed by atoms with Crippen LogP contribution in [-0.2, 0) is 16.6 Å². The number of nitrogens with zero attached hydrogens (tertiary/aromatic N) is 1. The van der Waals surface area contributed by atoms with E-state index in [1.54, 1.807) is 4.31 Å². The highest BCUT2D eigenvalue weighted by Gasteiger charge is 2.34. The fourth-order valence-electron chi connectivity index (χ4n) is 2.68. The van der Waals surface area contributed by atoms with Crippen LogP contribution in [0.4, 0.5) is 0 Å². The van der Waals surface area contributed by atoms with Crippen molar-refractivity contribution in [3.05, 3.63) is 14.7 Å². The minimum absolute atomic E-state index is 0.442. The molecule has 2 heterocycles. The molecule has 1 aromatic heterocycles. The molecule has 0 amide bonds. The lowest BCUT2D eigenvalue weighted by Gasteiger charge is -2.15. The van der Waals surface area contributed by atoms with Gasteiger partial charge in [-0.05, 0) is 47.2 Å². The van der Waals surface area contributed by atoms with Gasteiger partial charge in [-0.25, -0.2) is 8.42 Å². The topological polar surface area (TPSA) is 49.4 Å². The number of nitrogens with one attached hydrogen (secondary N) is 1. The molecule has 7 heteroatoms. The first-order valence-corrected chi connectivity index (χ1v) is 10.6. The van der Waals surface area contributed by atoms with E-state index in [0.29, 0.717) is 29.9 Å². The zero-order valence-corrected chi connectivity index (χ0v) is 15.4. The molecule has 0 bridgehead atoms. The Labute approximate surface area is 139 Å². The maximum atomic E-state index is 12.8. The average Bonchev–Trinajstić information content (AvgIpc) is 3.00. The van der Waals surface area contributed by atoms with Crippen molar-refractivity contribution in [1.29, 1.82) is 0 Å². The number of halogens is 1. The monoisotopic (exact) mass is 392 g/mol. The molecule has 1 unspecified atom stereocenters. The number of sulfonamides is 1. The van der Waals surface area contributed by atoms with Crippen molar-refractivity contribution in [2.75, 3.05) is 13.1 Å². The highest BCUT2D eigenvalue weighted by molar-refractivity contribution is 9.11. The Bertz CT molecular complexity index is 610. The van der Waals surface area contributed by atoms with E-state index >= 15 is 0 Å². The molecule has 1 aliphatic carbocycles. The van der Waals surface area contributed by atoms with Crippen LogP contribution >= 0.6 is 27.3 Å². The summed E-state index contributed by atoms with van der Waals surface area (Å²) < 4.78 is 27.9. The molecule has 0 spiro atoms. The molecule has 1 saturated heterocycles. The quantitative estimate of drug-likeness (QED) is 0.808. The number of hydrogen-bond acceptors (Lipinski definition) is 4. The number of rotatable bonds is 6. The summed E-state index contributed by atoms with van der Waals surface area (Å²) in [5, 5.41) is 3.43. The van der Waals surface area contributed by atoms with Gasteiger partial charge in [0.15, 0.2) is 0 Å². The summed E-state index contributed by atoms with van der Waals surface area (Å²) in [6.45, 7) is 4.21. The van der Waals surface area contributed by atoms with E-state index < -0.39 is 10.0 Å². The number of hydrogen-bond donors (Lipinski definition) is 1.